The minimum absolute atomic E-state index is 0.164. The molecule has 2 heterocycles. The zero-order valence-electron chi connectivity index (χ0n) is 10.9. The molecule has 0 amide bonds. The molecule has 0 aromatic carbocycles. The monoisotopic (exact) mass is 297 g/mol. The summed E-state index contributed by atoms with van der Waals surface area (Å²) >= 11 is 7.73. The van der Waals surface area contributed by atoms with Crippen molar-refractivity contribution in [2.24, 2.45) is 0 Å². The summed E-state index contributed by atoms with van der Waals surface area (Å²) in [5, 5.41) is 11.8. The van der Waals surface area contributed by atoms with E-state index in [1.807, 2.05) is 11.4 Å². The Morgan fingerprint density at radius 2 is 2.21 bits per heavy atom. The molecule has 0 saturated carbocycles. The van der Waals surface area contributed by atoms with Crippen molar-refractivity contribution in [1.29, 1.82) is 0 Å². The van der Waals surface area contributed by atoms with Gasteiger partial charge in [0.1, 0.15) is 17.3 Å². The van der Waals surface area contributed by atoms with Crippen LogP contribution in [0, 0.1) is 0 Å². The Morgan fingerprint density at radius 3 is 2.79 bits per heavy atom. The Kier molecular flexibility index (Phi) is 4.74. The second-order valence-corrected chi connectivity index (χ2v) is 5.82. The highest BCUT2D eigenvalue weighted by Gasteiger charge is 2.19. The quantitative estimate of drug-likeness (QED) is 0.862. The summed E-state index contributed by atoms with van der Waals surface area (Å²) in [6.07, 6.45) is 1.43. The van der Waals surface area contributed by atoms with Crippen LogP contribution in [0.15, 0.2) is 23.8 Å². The Labute approximate surface area is 121 Å². The standard InChI is InChI=1S/C13H16ClN3OS/c1-9(2)17(6-10-4-3-5-19-10)13-11(7-18)12(14)15-8-16-13/h3-5,8-9,18H,6-7H2,1-2H3. The van der Waals surface area contributed by atoms with Crippen LogP contribution in [0.5, 0.6) is 0 Å². The van der Waals surface area contributed by atoms with E-state index in [0.29, 0.717) is 16.5 Å². The summed E-state index contributed by atoms with van der Waals surface area (Å²) in [4.78, 5) is 11.6. The number of anilines is 1. The van der Waals surface area contributed by atoms with Gasteiger partial charge in [0.25, 0.3) is 0 Å². The van der Waals surface area contributed by atoms with Crippen LogP contribution in [0.3, 0.4) is 0 Å². The van der Waals surface area contributed by atoms with Crippen molar-refractivity contribution < 1.29 is 5.11 Å². The normalized spacial score (nSPS) is 11.0. The second-order valence-electron chi connectivity index (χ2n) is 4.43. The summed E-state index contributed by atoms with van der Waals surface area (Å²) in [6.45, 7) is 4.76. The van der Waals surface area contributed by atoms with Gasteiger partial charge in [0.2, 0.25) is 0 Å². The number of aromatic nitrogens is 2. The van der Waals surface area contributed by atoms with E-state index in [9.17, 15) is 5.11 Å². The molecule has 0 radical (unpaired) electrons. The van der Waals surface area contributed by atoms with Crippen molar-refractivity contribution in [3.63, 3.8) is 0 Å². The largest absolute Gasteiger partial charge is 0.391 e. The van der Waals surface area contributed by atoms with Gasteiger partial charge < -0.3 is 10.0 Å². The summed E-state index contributed by atoms with van der Waals surface area (Å²) < 4.78 is 0. The lowest BCUT2D eigenvalue weighted by atomic mass is 10.2. The third-order valence-corrected chi connectivity index (χ3v) is 4.02. The Bertz CT molecular complexity index is 531. The first-order valence-electron chi connectivity index (χ1n) is 6.02. The molecule has 0 spiro atoms. The molecule has 0 saturated heterocycles. The van der Waals surface area contributed by atoms with E-state index in [0.717, 1.165) is 6.54 Å². The highest BCUT2D eigenvalue weighted by molar-refractivity contribution is 7.09. The van der Waals surface area contributed by atoms with Gasteiger partial charge in [-0.05, 0) is 25.3 Å². The van der Waals surface area contributed by atoms with Gasteiger partial charge in [0, 0.05) is 10.9 Å². The molecule has 0 fully saturated rings. The second kappa shape index (κ2) is 6.32. The smallest absolute Gasteiger partial charge is 0.140 e. The fourth-order valence-electron chi connectivity index (χ4n) is 1.84. The van der Waals surface area contributed by atoms with Gasteiger partial charge in [-0.1, -0.05) is 17.7 Å². The van der Waals surface area contributed by atoms with E-state index in [1.165, 1.54) is 11.2 Å². The molecular weight excluding hydrogens is 282 g/mol. The van der Waals surface area contributed by atoms with E-state index >= 15 is 0 Å². The molecule has 2 rings (SSSR count). The Balaban J connectivity index is 2.36. The molecule has 0 bridgehead atoms. The first-order chi connectivity index (χ1) is 9.13. The van der Waals surface area contributed by atoms with Crippen LogP contribution in [0.25, 0.3) is 0 Å². The minimum Gasteiger partial charge on any atom is -0.391 e. The first kappa shape index (κ1) is 14.2. The van der Waals surface area contributed by atoms with Crippen LogP contribution in [-0.4, -0.2) is 21.1 Å². The predicted octanol–water partition coefficient (Wildman–Crippen LogP) is 3.10. The van der Waals surface area contributed by atoms with E-state index in [2.05, 4.69) is 34.8 Å². The maximum atomic E-state index is 9.47. The van der Waals surface area contributed by atoms with Crippen LogP contribution in [0.1, 0.15) is 24.3 Å². The number of hydrogen-bond acceptors (Lipinski definition) is 5. The average Bonchev–Trinajstić information content (AvgIpc) is 2.88. The van der Waals surface area contributed by atoms with Crippen LogP contribution in [0.4, 0.5) is 5.82 Å². The highest BCUT2D eigenvalue weighted by Crippen LogP contribution is 2.27. The first-order valence-corrected chi connectivity index (χ1v) is 7.28. The summed E-state index contributed by atoms with van der Waals surface area (Å²) in [7, 11) is 0. The molecule has 4 nitrogen and oxygen atoms in total. The lowest BCUT2D eigenvalue weighted by Crippen LogP contribution is -2.31. The molecule has 0 atom stereocenters. The zero-order valence-corrected chi connectivity index (χ0v) is 12.4. The van der Waals surface area contributed by atoms with E-state index in [4.69, 9.17) is 11.6 Å². The summed E-state index contributed by atoms with van der Waals surface area (Å²) in [5.41, 5.74) is 0.578. The Morgan fingerprint density at radius 1 is 1.42 bits per heavy atom. The van der Waals surface area contributed by atoms with Crippen LogP contribution >= 0.6 is 22.9 Å². The number of thiophene rings is 1. The van der Waals surface area contributed by atoms with Crippen molar-refractivity contribution in [1.82, 2.24) is 9.97 Å². The van der Waals surface area contributed by atoms with Crippen molar-refractivity contribution in [2.75, 3.05) is 4.90 Å². The van der Waals surface area contributed by atoms with Gasteiger partial charge >= 0.3 is 0 Å². The van der Waals surface area contributed by atoms with E-state index in [1.54, 1.807) is 11.3 Å². The number of nitrogens with zero attached hydrogens (tertiary/aromatic N) is 3. The molecule has 0 aliphatic heterocycles. The van der Waals surface area contributed by atoms with E-state index < -0.39 is 0 Å². The molecular formula is C13H16ClN3OS. The molecule has 0 aliphatic carbocycles. The number of halogens is 1. The van der Waals surface area contributed by atoms with Crippen LogP contribution < -0.4 is 4.90 Å². The zero-order chi connectivity index (χ0) is 13.8. The van der Waals surface area contributed by atoms with Crippen molar-refractivity contribution in [3.05, 3.63) is 39.4 Å². The molecule has 102 valence electrons. The average molecular weight is 298 g/mol. The lowest BCUT2D eigenvalue weighted by molar-refractivity contribution is 0.281. The third-order valence-electron chi connectivity index (χ3n) is 2.83. The molecule has 19 heavy (non-hydrogen) atoms. The molecule has 2 aromatic heterocycles. The number of rotatable bonds is 5. The van der Waals surface area contributed by atoms with Crippen LogP contribution in [0.2, 0.25) is 5.15 Å². The maximum absolute atomic E-state index is 9.47. The molecule has 0 unspecified atom stereocenters. The van der Waals surface area contributed by atoms with Gasteiger partial charge in [-0.25, -0.2) is 9.97 Å². The molecule has 6 heteroatoms. The van der Waals surface area contributed by atoms with Crippen molar-refractivity contribution in [2.45, 2.75) is 33.0 Å². The SMILES string of the molecule is CC(C)N(Cc1cccs1)c1ncnc(Cl)c1CO. The highest BCUT2D eigenvalue weighted by atomic mass is 35.5. The number of aliphatic hydroxyl groups is 1. The van der Waals surface area contributed by atoms with Gasteiger partial charge in [-0.3, -0.25) is 0 Å². The van der Waals surface area contributed by atoms with Gasteiger partial charge in [-0.15, -0.1) is 11.3 Å². The summed E-state index contributed by atoms with van der Waals surface area (Å²) in [6, 6.07) is 4.36. The fraction of sp³-hybridized carbons (Fsp3) is 0.385. The van der Waals surface area contributed by atoms with E-state index in [-0.39, 0.29) is 12.6 Å². The number of aliphatic hydroxyl groups excluding tert-OH is 1. The number of hydrogen-bond donors (Lipinski definition) is 1. The van der Waals surface area contributed by atoms with Gasteiger partial charge in [0.15, 0.2) is 0 Å². The maximum Gasteiger partial charge on any atom is 0.140 e. The topological polar surface area (TPSA) is 49.2 Å². The minimum atomic E-state index is -0.164. The van der Waals surface area contributed by atoms with Crippen molar-refractivity contribution >= 4 is 28.8 Å². The molecule has 2 aromatic rings. The van der Waals surface area contributed by atoms with Crippen LogP contribution in [-0.2, 0) is 13.2 Å². The van der Waals surface area contributed by atoms with Gasteiger partial charge in [0.05, 0.1) is 18.7 Å². The lowest BCUT2D eigenvalue weighted by Gasteiger charge is -2.29. The Hall–Kier alpha value is -1.17. The third kappa shape index (κ3) is 3.23. The molecule has 1 N–H and O–H groups in total. The fourth-order valence-corrected chi connectivity index (χ4v) is 2.73. The predicted molar refractivity (Wildman–Crippen MR) is 78.6 cm³/mol. The summed E-state index contributed by atoms with van der Waals surface area (Å²) in [5.74, 6) is 0.700. The van der Waals surface area contributed by atoms with Crippen molar-refractivity contribution in [3.8, 4) is 0 Å². The van der Waals surface area contributed by atoms with Gasteiger partial charge in [-0.2, -0.15) is 0 Å². The molecule has 0 aliphatic rings.